The maximum atomic E-state index is 2.82. The number of fused-ring (bicyclic) bond motifs is 1. The monoisotopic (exact) mass is 209 g/mol. The Bertz CT molecular complexity index is 324. The van der Waals surface area contributed by atoms with E-state index in [1.54, 1.807) is 5.19 Å². The predicted octanol–water partition coefficient (Wildman–Crippen LogP) is 2.21. The van der Waals surface area contributed by atoms with Crippen LogP contribution in [0.4, 0.5) is 5.69 Å². The number of anilines is 1. The third-order valence-electron chi connectivity index (χ3n) is 2.92. The molecule has 0 spiro atoms. The molecule has 0 saturated heterocycles. The molecule has 0 radical (unpaired) electrons. The second kappa shape index (κ2) is 3.11. The van der Waals surface area contributed by atoms with Crippen molar-refractivity contribution in [1.29, 1.82) is 0 Å². The van der Waals surface area contributed by atoms with Gasteiger partial charge in [-0.15, -0.1) is 0 Å². The molecule has 0 saturated carbocycles. The minimum Gasteiger partial charge on any atom is -0.356 e. The highest BCUT2D eigenvalue weighted by atomic mass is 31.0. The number of hydrogen-bond acceptors (Lipinski definition) is 1. The molecule has 1 aliphatic heterocycles. The van der Waals surface area contributed by atoms with Crippen LogP contribution in [0.2, 0.25) is 19.1 Å². The van der Waals surface area contributed by atoms with Crippen LogP contribution in [0.3, 0.4) is 0 Å². The molecule has 70 valence electrons. The molecule has 0 aliphatic carbocycles. The number of hydrogen-bond donors (Lipinski definition) is 0. The number of para-hydroxylation sites is 1. The number of rotatable bonds is 0. The van der Waals surface area contributed by atoms with E-state index in [1.807, 2.05) is 0 Å². The Kier molecular flexibility index (Phi) is 2.21. The normalized spacial score (nSPS) is 19.8. The summed E-state index contributed by atoms with van der Waals surface area (Å²) in [6.07, 6.45) is 0. The van der Waals surface area contributed by atoms with Gasteiger partial charge in [0.15, 0.2) is 0 Å². The van der Waals surface area contributed by atoms with Gasteiger partial charge in [0.1, 0.15) is 0 Å². The number of nitrogens with zero attached hydrogens (tertiary/aromatic N) is 1. The zero-order chi connectivity index (χ0) is 9.47. The molecule has 2 rings (SSSR count). The zero-order valence-electron chi connectivity index (χ0n) is 8.25. The van der Waals surface area contributed by atoms with Crippen molar-refractivity contribution in [2.75, 3.05) is 11.2 Å². The van der Waals surface area contributed by atoms with Gasteiger partial charge in [0.2, 0.25) is 0 Å². The van der Waals surface area contributed by atoms with Gasteiger partial charge in [-0.3, -0.25) is 0 Å². The minimum atomic E-state index is -1.11. The van der Waals surface area contributed by atoms with E-state index in [9.17, 15) is 0 Å². The van der Waals surface area contributed by atoms with E-state index in [1.165, 1.54) is 18.3 Å². The molecule has 0 fully saturated rings. The first-order chi connectivity index (χ1) is 6.11. The van der Waals surface area contributed by atoms with Crippen LogP contribution in [0.25, 0.3) is 0 Å². The Morgan fingerprint density at radius 1 is 1.31 bits per heavy atom. The van der Waals surface area contributed by atoms with Crippen molar-refractivity contribution in [2.24, 2.45) is 0 Å². The summed E-state index contributed by atoms with van der Waals surface area (Å²) in [5, 5.41) is 1.61. The highest BCUT2D eigenvalue weighted by Gasteiger charge is 2.31. The lowest BCUT2D eigenvalue weighted by Gasteiger charge is -2.36. The summed E-state index contributed by atoms with van der Waals surface area (Å²) in [7, 11) is 1.71. The Morgan fingerprint density at radius 2 is 2.00 bits per heavy atom. The standard InChI is InChI=1S/C10H16NPSi/c1-13(2)8-7-11(12)9-5-3-4-6-10(9)13/h3-6H,7-8,12H2,1-2H3. The van der Waals surface area contributed by atoms with Gasteiger partial charge in [-0.05, 0) is 26.7 Å². The Labute approximate surface area is 83.4 Å². The fourth-order valence-electron chi connectivity index (χ4n) is 1.95. The van der Waals surface area contributed by atoms with E-state index in [0.717, 1.165) is 0 Å². The van der Waals surface area contributed by atoms with E-state index < -0.39 is 8.07 Å². The summed E-state index contributed by atoms with van der Waals surface area (Å²) < 4.78 is 2.30. The van der Waals surface area contributed by atoms with Gasteiger partial charge >= 0.3 is 0 Å². The van der Waals surface area contributed by atoms with Crippen molar-refractivity contribution in [1.82, 2.24) is 0 Å². The first-order valence-electron chi connectivity index (χ1n) is 4.73. The average Bonchev–Trinajstić information content (AvgIpc) is 2.13. The van der Waals surface area contributed by atoms with Crippen molar-refractivity contribution in [3.63, 3.8) is 0 Å². The molecule has 0 amide bonds. The van der Waals surface area contributed by atoms with Gasteiger partial charge in [-0.25, -0.2) is 0 Å². The summed E-state index contributed by atoms with van der Waals surface area (Å²) in [6, 6.07) is 10.2. The van der Waals surface area contributed by atoms with Crippen molar-refractivity contribution < 1.29 is 0 Å². The molecule has 13 heavy (non-hydrogen) atoms. The van der Waals surface area contributed by atoms with Gasteiger partial charge in [-0.1, -0.05) is 31.3 Å². The van der Waals surface area contributed by atoms with Crippen LogP contribution in [-0.2, 0) is 0 Å². The maximum absolute atomic E-state index is 2.82. The number of benzene rings is 1. The van der Waals surface area contributed by atoms with Crippen LogP contribution >= 0.6 is 9.39 Å². The second-order valence-electron chi connectivity index (χ2n) is 4.34. The first-order valence-corrected chi connectivity index (χ1v) is 8.45. The van der Waals surface area contributed by atoms with Gasteiger partial charge < -0.3 is 4.67 Å². The summed E-state index contributed by atoms with van der Waals surface area (Å²) in [4.78, 5) is 0. The van der Waals surface area contributed by atoms with Gasteiger partial charge in [0.05, 0.1) is 8.07 Å². The summed E-state index contributed by atoms with van der Waals surface area (Å²) in [5.41, 5.74) is 1.43. The topological polar surface area (TPSA) is 3.24 Å². The van der Waals surface area contributed by atoms with Crippen molar-refractivity contribution in [3.8, 4) is 0 Å². The van der Waals surface area contributed by atoms with Crippen molar-refractivity contribution in [2.45, 2.75) is 19.1 Å². The fourth-order valence-corrected chi connectivity index (χ4v) is 5.23. The van der Waals surface area contributed by atoms with E-state index in [4.69, 9.17) is 0 Å². The molecule has 0 bridgehead atoms. The average molecular weight is 209 g/mol. The second-order valence-corrected chi connectivity index (χ2v) is 9.77. The molecule has 1 nitrogen and oxygen atoms in total. The Hall–Kier alpha value is -0.333. The zero-order valence-corrected chi connectivity index (χ0v) is 10.4. The molecule has 1 aliphatic rings. The van der Waals surface area contributed by atoms with E-state index in [-0.39, 0.29) is 0 Å². The van der Waals surface area contributed by atoms with Crippen molar-refractivity contribution >= 4 is 28.3 Å². The third-order valence-corrected chi connectivity index (χ3v) is 6.81. The molecule has 0 N–H and O–H groups in total. The molecular weight excluding hydrogens is 193 g/mol. The smallest absolute Gasteiger partial charge is 0.0851 e. The van der Waals surface area contributed by atoms with Crippen LogP contribution in [0.1, 0.15) is 0 Å². The predicted molar refractivity (Wildman–Crippen MR) is 65.4 cm³/mol. The van der Waals surface area contributed by atoms with Gasteiger partial charge in [-0.2, -0.15) is 0 Å². The van der Waals surface area contributed by atoms with E-state index >= 15 is 0 Å². The lowest BCUT2D eigenvalue weighted by molar-refractivity contribution is 1.06. The molecular formula is C10H16NPSi. The van der Waals surface area contributed by atoms with Crippen molar-refractivity contribution in [3.05, 3.63) is 24.3 Å². The molecule has 3 heteroatoms. The van der Waals surface area contributed by atoms with E-state index in [2.05, 4.69) is 51.4 Å². The first kappa shape index (κ1) is 9.23. The molecule has 1 heterocycles. The van der Waals surface area contributed by atoms with Gasteiger partial charge in [0.25, 0.3) is 0 Å². The van der Waals surface area contributed by atoms with Crippen LogP contribution in [0.15, 0.2) is 24.3 Å². The molecule has 1 unspecified atom stereocenters. The lowest BCUT2D eigenvalue weighted by atomic mass is 10.3. The minimum absolute atomic E-state index is 1.11. The molecule has 0 aromatic heterocycles. The van der Waals surface area contributed by atoms with E-state index in [0.29, 0.717) is 0 Å². The summed E-state index contributed by atoms with van der Waals surface area (Å²) in [5.74, 6) is 0. The fraction of sp³-hybridized carbons (Fsp3) is 0.400. The maximum Gasteiger partial charge on any atom is 0.0851 e. The Balaban J connectivity index is 2.55. The lowest BCUT2D eigenvalue weighted by Crippen LogP contribution is -2.49. The van der Waals surface area contributed by atoms with Crippen LogP contribution in [-0.4, -0.2) is 14.6 Å². The van der Waals surface area contributed by atoms with Crippen LogP contribution in [0.5, 0.6) is 0 Å². The summed E-state index contributed by atoms with van der Waals surface area (Å²) in [6.45, 7) is 6.12. The van der Waals surface area contributed by atoms with Gasteiger partial charge in [0, 0.05) is 12.2 Å². The molecule has 1 atom stereocenters. The Morgan fingerprint density at radius 3 is 2.69 bits per heavy atom. The highest BCUT2D eigenvalue weighted by molar-refractivity contribution is 7.19. The third kappa shape index (κ3) is 1.53. The summed E-state index contributed by atoms with van der Waals surface area (Å²) >= 11 is 0. The van der Waals surface area contributed by atoms with Crippen LogP contribution in [0, 0.1) is 0 Å². The molecule has 1 aromatic carbocycles. The quantitative estimate of drug-likeness (QED) is 0.468. The van der Waals surface area contributed by atoms with Crippen LogP contribution < -0.4 is 9.86 Å². The highest BCUT2D eigenvalue weighted by Crippen LogP contribution is 2.27. The molecule has 1 aromatic rings. The largest absolute Gasteiger partial charge is 0.356 e. The SMILES string of the molecule is C[Si]1(C)CCN(P)c2ccccc21.